The van der Waals surface area contributed by atoms with Gasteiger partial charge in [-0.2, -0.15) is 0 Å². The van der Waals surface area contributed by atoms with Crippen LogP contribution in [0.5, 0.6) is 5.75 Å². The van der Waals surface area contributed by atoms with E-state index in [9.17, 15) is 9.59 Å². The summed E-state index contributed by atoms with van der Waals surface area (Å²) in [6.07, 6.45) is 3.56. The number of hydrogen-bond donors (Lipinski definition) is 1. The third-order valence-corrected chi connectivity index (χ3v) is 4.20. The fourth-order valence-electron chi connectivity index (χ4n) is 2.78. The van der Waals surface area contributed by atoms with E-state index in [1.807, 2.05) is 24.3 Å². The molecule has 5 nitrogen and oxygen atoms in total. The molecular formula is C18H26N2O3. The summed E-state index contributed by atoms with van der Waals surface area (Å²) in [5.74, 6) is 0.634. The van der Waals surface area contributed by atoms with E-state index in [0.717, 1.165) is 30.6 Å². The van der Waals surface area contributed by atoms with Crippen LogP contribution in [0.3, 0.4) is 0 Å². The summed E-state index contributed by atoms with van der Waals surface area (Å²) in [5.41, 5.74) is 1.04. The molecule has 1 aliphatic rings. The van der Waals surface area contributed by atoms with Gasteiger partial charge < -0.3 is 15.0 Å². The topological polar surface area (TPSA) is 58.6 Å². The second-order valence-electron chi connectivity index (χ2n) is 6.02. The predicted molar refractivity (Wildman–Crippen MR) is 89.1 cm³/mol. The largest absolute Gasteiger partial charge is 0.497 e. The molecule has 2 amide bonds. The van der Waals surface area contributed by atoms with Crippen LogP contribution >= 0.6 is 0 Å². The number of carbonyl (C=O) groups excluding carboxylic acids is 2. The van der Waals surface area contributed by atoms with Gasteiger partial charge in [0, 0.05) is 26.1 Å². The molecule has 0 bridgehead atoms. The number of benzene rings is 1. The first kappa shape index (κ1) is 17.3. The zero-order valence-electron chi connectivity index (χ0n) is 14.0. The molecule has 0 saturated carbocycles. The van der Waals surface area contributed by atoms with E-state index in [0.29, 0.717) is 26.1 Å². The second kappa shape index (κ2) is 8.56. The Kier molecular flexibility index (Phi) is 6.44. The Labute approximate surface area is 138 Å². The van der Waals surface area contributed by atoms with Crippen LogP contribution in [0.25, 0.3) is 0 Å². The average molecular weight is 318 g/mol. The molecule has 1 N–H and O–H groups in total. The Morgan fingerprint density at radius 3 is 2.70 bits per heavy atom. The van der Waals surface area contributed by atoms with Gasteiger partial charge in [0.1, 0.15) is 5.75 Å². The van der Waals surface area contributed by atoms with Gasteiger partial charge in [-0.15, -0.1) is 0 Å². The van der Waals surface area contributed by atoms with Gasteiger partial charge in [-0.05, 0) is 24.1 Å². The van der Waals surface area contributed by atoms with Crippen LogP contribution in [0.1, 0.15) is 38.2 Å². The molecule has 1 aliphatic heterocycles. The molecule has 0 aliphatic carbocycles. The van der Waals surface area contributed by atoms with Crippen molar-refractivity contribution < 1.29 is 14.3 Å². The van der Waals surface area contributed by atoms with Crippen molar-refractivity contribution in [2.75, 3.05) is 20.2 Å². The highest BCUT2D eigenvalue weighted by Gasteiger charge is 2.33. The van der Waals surface area contributed by atoms with Crippen molar-refractivity contribution in [3.63, 3.8) is 0 Å². The van der Waals surface area contributed by atoms with Gasteiger partial charge in [0.2, 0.25) is 11.8 Å². The summed E-state index contributed by atoms with van der Waals surface area (Å²) in [7, 11) is 1.63. The molecule has 0 radical (unpaired) electrons. The smallest absolute Gasteiger partial charge is 0.225 e. The summed E-state index contributed by atoms with van der Waals surface area (Å²) < 4.78 is 5.13. The molecule has 5 heteroatoms. The number of likely N-dealkylation sites (tertiary alicyclic amines) is 1. The lowest BCUT2D eigenvalue weighted by atomic mass is 10.1. The molecule has 23 heavy (non-hydrogen) atoms. The number of rotatable bonds is 8. The molecule has 1 heterocycles. The number of nitrogens with zero attached hydrogens (tertiary/aromatic N) is 1. The molecular weight excluding hydrogens is 292 g/mol. The molecule has 1 atom stereocenters. The van der Waals surface area contributed by atoms with E-state index >= 15 is 0 Å². The summed E-state index contributed by atoms with van der Waals surface area (Å²) in [6.45, 7) is 3.89. The van der Waals surface area contributed by atoms with E-state index in [2.05, 4.69) is 12.2 Å². The normalized spacial score (nSPS) is 17.4. The Morgan fingerprint density at radius 1 is 1.30 bits per heavy atom. The number of nitrogens with one attached hydrogen (secondary N) is 1. The first-order chi connectivity index (χ1) is 11.1. The maximum Gasteiger partial charge on any atom is 0.225 e. The van der Waals surface area contributed by atoms with Crippen molar-refractivity contribution >= 4 is 11.8 Å². The van der Waals surface area contributed by atoms with E-state index < -0.39 is 0 Å². The first-order valence-corrected chi connectivity index (χ1v) is 8.32. The molecule has 1 aromatic rings. The highest BCUT2D eigenvalue weighted by atomic mass is 16.5. The van der Waals surface area contributed by atoms with Crippen molar-refractivity contribution in [3.8, 4) is 5.75 Å². The van der Waals surface area contributed by atoms with Crippen LogP contribution in [-0.4, -0.2) is 36.9 Å². The lowest BCUT2D eigenvalue weighted by molar-refractivity contribution is -0.129. The maximum atomic E-state index is 12.1. The second-order valence-corrected chi connectivity index (χ2v) is 6.02. The van der Waals surface area contributed by atoms with Crippen molar-refractivity contribution in [2.45, 2.75) is 39.2 Å². The third kappa shape index (κ3) is 4.98. The van der Waals surface area contributed by atoms with Gasteiger partial charge in [-0.1, -0.05) is 31.9 Å². The van der Waals surface area contributed by atoms with Crippen LogP contribution in [0, 0.1) is 5.92 Å². The Hall–Kier alpha value is -2.04. The Morgan fingerprint density at radius 2 is 2.04 bits per heavy atom. The van der Waals surface area contributed by atoms with Gasteiger partial charge >= 0.3 is 0 Å². The van der Waals surface area contributed by atoms with Crippen molar-refractivity contribution in [1.82, 2.24) is 10.2 Å². The van der Waals surface area contributed by atoms with Gasteiger partial charge in [0.15, 0.2) is 0 Å². The van der Waals surface area contributed by atoms with Crippen LogP contribution in [-0.2, 0) is 16.1 Å². The summed E-state index contributed by atoms with van der Waals surface area (Å²) in [4.78, 5) is 26.0. The first-order valence-electron chi connectivity index (χ1n) is 8.32. The SMILES string of the molecule is CCCCCNC(=O)C1CC(=O)N(Cc2ccc(OC)cc2)C1. The molecule has 126 valence electrons. The summed E-state index contributed by atoms with van der Waals surface area (Å²) in [5, 5.41) is 2.95. The summed E-state index contributed by atoms with van der Waals surface area (Å²) in [6, 6.07) is 7.66. The minimum atomic E-state index is -0.220. The van der Waals surface area contributed by atoms with Crippen LogP contribution in [0.15, 0.2) is 24.3 Å². The minimum absolute atomic E-state index is 0.00619. The monoisotopic (exact) mass is 318 g/mol. The lowest BCUT2D eigenvalue weighted by Gasteiger charge is -2.17. The van der Waals surface area contributed by atoms with E-state index in [1.54, 1.807) is 12.0 Å². The van der Waals surface area contributed by atoms with E-state index in [4.69, 9.17) is 4.74 Å². The van der Waals surface area contributed by atoms with Gasteiger partial charge in [-0.25, -0.2) is 0 Å². The van der Waals surface area contributed by atoms with Gasteiger partial charge in [0.05, 0.1) is 13.0 Å². The minimum Gasteiger partial charge on any atom is -0.497 e. The number of hydrogen-bond acceptors (Lipinski definition) is 3. The number of ether oxygens (including phenoxy) is 1. The zero-order chi connectivity index (χ0) is 16.7. The lowest BCUT2D eigenvalue weighted by Crippen LogP contribution is -2.33. The summed E-state index contributed by atoms with van der Waals surface area (Å²) >= 11 is 0. The van der Waals surface area contributed by atoms with Crippen LogP contribution in [0.2, 0.25) is 0 Å². The molecule has 1 fully saturated rings. The standard InChI is InChI=1S/C18H26N2O3/c1-3-4-5-10-19-18(22)15-11-17(21)20(13-15)12-14-6-8-16(23-2)9-7-14/h6-9,15H,3-5,10-13H2,1-2H3,(H,19,22). The van der Waals surface area contributed by atoms with Gasteiger partial charge in [0.25, 0.3) is 0 Å². The molecule has 0 spiro atoms. The molecule has 1 saturated heterocycles. The van der Waals surface area contributed by atoms with Crippen LogP contribution in [0.4, 0.5) is 0 Å². The maximum absolute atomic E-state index is 12.1. The third-order valence-electron chi connectivity index (χ3n) is 4.20. The number of amides is 2. The quantitative estimate of drug-likeness (QED) is 0.749. The van der Waals surface area contributed by atoms with Crippen molar-refractivity contribution in [1.29, 1.82) is 0 Å². The van der Waals surface area contributed by atoms with Crippen molar-refractivity contribution in [3.05, 3.63) is 29.8 Å². The Bertz CT molecular complexity index is 528. The zero-order valence-corrected chi connectivity index (χ0v) is 14.0. The fourth-order valence-corrected chi connectivity index (χ4v) is 2.78. The Balaban J connectivity index is 1.82. The molecule has 0 aromatic heterocycles. The fraction of sp³-hybridized carbons (Fsp3) is 0.556. The molecule has 1 aromatic carbocycles. The van der Waals surface area contributed by atoms with Crippen LogP contribution < -0.4 is 10.1 Å². The number of unbranched alkanes of at least 4 members (excludes halogenated alkanes) is 2. The average Bonchev–Trinajstić information content (AvgIpc) is 2.93. The number of methoxy groups -OCH3 is 1. The highest BCUT2D eigenvalue weighted by Crippen LogP contribution is 2.21. The number of carbonyl (C=O) groups is 2. The highest BCUT2D eigenvalue weighted by molar-refractivity contribution is 5.89. The van der Waals surface area contributed by atoms with E-state index in [1.165, 1.54) is 0 Å². The van der Waals surface area contributed by atoms with E-state index in [-0.39, 0.29) is 17.7 Å². The molecule has 2 rings (SSSR count). The predicted octanol–water partition coefficient (Wildman–Crippen LogP) is 2.35. The van der Waals surface area contributed by atoms with Gasteiger partial charge in [-0.3, -0.25) is 9.59 Å². The van der Waals surface area contributed by atoms with Crippen molar-refractivity contribution in [2.24, 2.45) is 5.92 Å². The molecule has 1 unspecified atom stereocenters.